The standard InChI is InChI=1S/C55H39N3/c56-54(41-16-5-2-6-17-41)58-55(51-22-12-11-19-47(51)39-13-3-1-4-14-39)57-36-37-23-25-38(26-24-37)42-27-28-44-34-46(30-29-43(44)33-42)53-49-21-10-8-18-45(49)35-52-48-20-9-7-15-40(48)31-32-50(52)53/h1-36,55H,(H2,56,58)/b57-36+. The largest absolute Gasteiger partial charge is 0.345 e. The molecule has 0 aliphatic rings. The fourth-order valence-electron chi connectivity index (χ4n) is 8.27. The molecule has 10 rings (SSSR count). The molecule has 0 heterocycles. The van der Waals surface area contributed by atoms with Crippen LogP contribution in [-0.2, 0) is 0 Å². The smallest absolute Gasteiger partial charge is 0.146 e. The molecule has 274 valence electrons. The second-order valence-corrected chi connectivity index (χ2v) is 14.8. The van der Waals surface area contributed by atoms with Crippen molar-refractivity contribution >= 4 is 55.1 Å². The molecular formula is C55H39N3. The van der Waals surface area contributed by atoms with E-state index in [1.54, 1.807) is 0 Å². The summed E-state index contributed by atoms with van der Waals surface area (Å²) in [6.45, 7) is 0. The van der Waals surface area contributed by atoms with Crippen molar-refractivity contribution in [1.82, 2.24) is 5.32 Å². The van der Waals surface area contributed by atoms with Crippen LogP contribution in [0.25, 0.3) is 76.5 Å². The van der Waals surface area contributed by atoms with Crippen molar-refractivity contribution < 1.29 is 0 Å². The maximum absolute atomic E-state index is 8.91. The number of amidine groups is 1. The first-order chi connectivity index (χ1) is 28.7. The molecule has 2 N–H and O–H groups in total. The van der Waals surface area contributed by atoms with Crippen LogP contribution in [0.15, 0.2) is 217 Å². The van der Waals surface area contributed by atoms with E-state index < -0.39 is 6.17 Å². The molecule has 0 aliphatic heterocycles. The van der Waals surface area contributed by atoms with Gasteiger partial charge in [0.1, 0.15) is 12.0 Å². The van der Waals surface area contributed by atoms with Gasteiger partial charge in [-0.25, -0.2) is 0 Å². The molecule has 0 saturated carbocycles. The average Bonchev–Trinajstić information content (AvgIpc) is 3.30. The summed E-state index contributed by atoms with van der Waals surface area (Å²) < 4.78 is 0. The number of nitrogens with zero attached hydrogens (tertiary/aromatic N) is 1. The molecule has 1 atom stereocenters. The van der Waals surface area contributed by atoms with Crippen molar-refractivity contribution in [3.05, 3.63) is 229 Å². The Morgan fingerprint density at radius 1 is 0.431 bits per heavy atom. The minimum atomic E-state index is -0.472. The van der Waals surface area contributed by atoms with E-state index in [9.17, 15) is 0 Å². The average molecular weight is 742 g/mol. The van der Waals surface area contributed by atoms with Crippen LogP contribution in [0.2, 0.25) is 0 Å². The molecule has 0 saturated heterocycles. The molecule has 10 aromatic carbocycles. The van der Waals surface area contributed by atoms with E-state index in [2.05, 4.69) is 157 Å². The number of hydrogen-bond donors (Lipinski definition) is 2. The molecule has 0 aromatic heterocycles. The van der Waals surface area contributed by atoms with Crippen molar-refractivity contribution in [2.45, 2.75) is 6.17 Å². The van der Waals surface area contributed by atoms with E-state index in [-0.39, 0.29) is 0 Å². The first-order valence-electron chi connectivity index (χ1n) is 19.7. The van der Waals surface area contributed by atoms with E-state index >= 15 is 0 Å². The van der Waals surface area contributed by atoms with Gasteiger partial charge in [-0.3, -0.25) is 10.4 Å². The zero-order chi connectivity index (χ0) is 38.8. The number of aliphatic imine (C=N–C) groups is 1. The highest BCUT2D eigenvalue weighted by atomic mass is 15.1. The summed E-state index contributed by atoms with van der Waals surface area (Å²) in [7, 11) is 0. The summed E-state index contributed by atoms with van der Waals surface area (Å²) in [6, 6.07) is 74.9. The van der Waals surface area contributed by atoms with Gasteiger partial charge < -0.3 is 5.32 Å². The summed E-state index contributed by atoms with van der Waals surface area (Å²) in [5.74, 6) is 0.323. The van der Waals surface area contributed by atoms with Crippen LogP contribution < -0.4 is 5.32 Å². The highest BCUT2D eigenvalue weighted by Crippen LogP contribution is 2.40. The van der Waals surface area contributed by atoms with Crippen LogP contribution in [0.1, 0.15) is 22.9 Å². The van der Waals surface area contributed by atoms with Crippen molar-refractivity contribution in [2.75, 3.05) is 0 Å². The van der Waals surface area contributed by atoms with Crippen molar-refractivity contribution in [3.8, 4) is 33.4 Å². The predicted octanol–water partition coefficient (Wildman–Crippen LogP) is 14.0. The summed E-state index contributed by atoms with van der Waals surface area (Å²) in [6.07, 6.45) is 1.43. The van der Waals surface area contributed by atoms with E-state index in [1.807, 2.05) is 66.9 Å². The second kappa shape index (κ2) is 15.1. The van der Waals surface area contributed by atoms with Gasteiger partial charge in [0.15, 0.2) is 0 Å². The maximum atomic E-state index is 8.91. The Bertz CT molecular complexity index is 3150. The Morgan fingerprint density at radius 3 is 1.83 bits per heavy atom. The van der Waals surface area contributed by atoms with Gasteiger partial charge in [0.2, 0.25) is 0 Å². The fourth-order valence-corrected chi connectivity index (χ4v) is 8.27. The molecule has 0 radical (unpaired) electrons. The minimum Gasteiger partial charge on any atom is -0.345 e. The van der Waals surface area contributed by atoms with Gasteiger partial charge in [0.05, 0.1) is 0 Å². The predicted molar refractivity (Wildman–Crippen MR) is 246 cm³/mol. The molecule has 0 spiro atoms. The van der Waals surface area contributed by atoms with Crippen LogP contribution in [0.4, 0.5) is 0 Å². The summed E-state index contributed by atoms with van der Waals surface area (Å²) in [5, 5.41) is 22.3. The molecule has 0 amide bonds. The van der Waals surface area contributed by atoms with Gasteiger partial charge in [0, 0.05) is 17.3 Å². The fraction of sp³-hybridized carbons (Fsp3) is 0.0182. The molecular weight excluding hydrogens is 703 g/mol. The highest BCUT2D eigenvalue weighted by molar-refractivity contribution is 6.20. The van der Waals surface area contributed by atoms with Gasteiger partial charge in [-0.05, 0) is 100 Å². The lowest BCUT2D eigenvalue weighted by Gasteiger charge is -2.20. The molecule has 3 heteroatoms. The number of rotatable bonds is 8. The van der Waals surface area contributed by atoms with Crippen molar-refractivity contribution in [1.29, 1.82) is 5.41 Å². The lowest BCUT2D eigenvalue weighted by atomic mass is 9.89. The van der Waals surface area contributed by atoms with Crippen molar-refractivity contribution in [3.63, 3.8) is 0 Å². The number of benzene rings is 10. The Balaban J connectivity index is 0.956. The summed E-state index contributed by atoms with van der Waals surface area (Å²) >= 11 is 0. The van der Waals surface area contributed by atoms with E-state index in [4.69, 9.17) is 10.4 Å². The molecule has 58 heavy (non-hydrogen) atoms. The number of hydrogen-bond acceptors (Lipinski definition) is 2. The van der Waals surface area contributed by atoms with Gasteiger partial charge >= 0.3 is 0 Å². The SMILES string of the molecule is N=C(NC(/N=C/c1ccc(-c2ccc3cc(-c4c5ccccc5cc5c4ccc4ccccc45)ccc3c2)cc1)c1ccccc1-c1ccccc1)c1ccccc1. The number of fused-ring (bicyclic) bond motifs is 5. The van der Waals surface area contributed by atoms with Crippen LogP contribution >= 0.6 is 0 Å². The Kier molecular flexibility index (Phi) is 9.09. The molecule has 0 fully saturated rings. The van der Waals surface area contributed by atoms with E-state index in [0.717, 1.165) is 33.4 Å². The second-order valence-electron chi connectivity index (χ2n) is 14.8. The van der Waals surface area contributed by atoms with Gasteiger partial charge in [0.25, 0.3) is 0 Å². The molecule has 1 unspecified atom stereocenters. The zero-order valence-electron chi connectivity index (χ0n) is 31.8. The van der Waals surface area contributed by atoms with E-state index in [1.165, 1.54) is 59.8 Å². The summed E-state index contributed by atoms with van der Waals surface area (Å²) in [5.41, 5.74) is 9.80. The quantitative estimate of drug-likeness (QED) is 0.0693. The van der Waals surface area contributed by atoms with Crippen LogP contribution in [0.5, 0.6) is 0 Å². The minimum absolute atomic E-state index is 0.323. The Morgan fingerprint density at radius 2 is 1.03 bits per heavy atom. The molecule has 0 bridgehead atoms. The molecule has 10 aromatic rings. The lowest BCUT2D eigenvalue weighted by Crippen LogP contribution is -2.28. The summed E-state index contributed by atoms with van der Waals surface area (Å²) in [4.78, 5) is 5.07. The Labute approximate surface area is 338 Å². The molecule has 3 nitrogen and oxygen atoms in total. The maximum Gasteiger partial charge on any atom is 0.146 e. The normalized spacial score (nSPS) is 12.1. The topological polar surface area (TPSA) is 48.2 Å². The Hall–Kier alpha value is -7.62. The first-order valence-corrected chi connectivity index (χ1v) is 19.7. The number of nitrogens with one attached hydrogen (secondary N) is 2. The van der Waals surface area contributed by atoms with Crippen LogP contribution in [0.3, 0.4) is 0 Å². The highest BCUT2D eigenvalue weighted by Gasteiger charge is 2.17. The van der Waals surface area contributed by atoms with Gasteiger partial charge in [-0.2, -0.15) is 0 Å². The third kappa shape index (κ3) is 6.69. The van der Waals surface area contributed by atoms with Gasteiger partial charge in [-0.1, -0.05) is 194 Å². The first kappa shape index (κ1) is 34.8. The monoisotopic (exact) mass is 741 g/mol. The molecule has 0 aliphatic carbocycles. The lowest BCUT2D eigenvalue weighted by molar-refractivity contribution is 0.687. The van der Waals surface area contributed by atoms with Crippen LogP contribution in [0, 0.1) is 5.41 Å². The van der Waals surface area contributed by atoms with Crippen molar-refractivity contribution in [2.24, 2.45) is 4.99 Å². The zero-order valence-corrected chi connectivity index (χ0v) is 31.8. The van der Waals surface area contributed by atoms with Crippen LogP contribution in [-0.4, -0.2) is 12.1 Å². The third-order valence-electron chi connectivity index (χ3n) is 11.2. The van der Waals surface area contributed by atoms with Gasteiger partial charge in [-0.15, -0.1) is 0 Å². The van der Waals surface area contributed by atoms with E-state index in [0.29, 0.717) is 5.84 Å². The third-order valence-corrected chi connectivity index (χ3v) is 11.2.